The highest BCUT2D eigenvalue weighted by Crippen LogP contribution is 2.40. The summed E-state index contributed by atoms with van der Waals surface area (Å²) in [5, 5.41) is 7.04. The van der Waals surface area contributed by atoms with Gasteiger partial charge in [-0.15, -0.1) is 11.3 Å². The minimum atomic E-state index is 0.567. The van der Waals surface area contributed by atoms with E-state index in [1.807, 2.05) is 24.3 Å². The monoisotopic (exact) mass is 454 g/mol. The summed E-state index contributed by atoms with van der Waals surface area (Å²) in [7, 11) is 3.17. The van der Waals surface area contributed by atoms with Crippen LogP contribution in [0.2, 0.25) is 5.02 Å². The summed E-state index contributed by atoms with van der Waals surface area (Å²) in [4.78, 5) is 30.8. The molecular weight excluding hydrogens is 436 g/mol. The van der Waals surface area contributed by atoms with Gasteiger partial charge in [-0.05, 0) is 36.4 Å². The number of aromatic nitrogens is 2. The minimum absolute atomic E-state index is 0.567. The Balaban J connectivity index is 0.000000628. The zero-order valence-electron chi connectivity index (χ0n) is 16.8. The Bertz CT molecular complexity index is 1210. The molecule has 4 aromatic rings. The van der Waals surface area contributed by atoms with Crippen molar-refractivity contribution in [3.05, 3.63) is 64.9 Å². The summed E-state index contributed by atoms with van der Waals surface area (Å²) >= 11 is 7.71. The van der Waals surface area contributed by atoms with Crippen LogP contribution < -0.4 is 15.4 Å². The molecule has 0 saturated heterocycles. The van der Waals surface area contributed by atoms with Crippen molar-refractivity contribution in [2.45, 2.75) is 0 Å². The predicted molar refractivity (Wildman–Crippen MR) is 125 cm³/mol. The van der Waals surface area contributed by atoms with E-state index in [9.17, 15) is 4.79 Å². The van der Waals surface area contributed by atoms with Crippen LogP contribution in [0.5, 0.6) is 5.75 Å². The first-order valence-electron chi connectivity index (χ1n) is 9.10. The van der Waals surface area contributed by atoms with Crippen LogP contribution in [0.3, 0.4) is 0 Å². The van der Waals surface area contributed by atoms with Crippen LogP contribution >= 0.6 is 22.9 Å². The lowest BCUT2D eigenvalue weighted by molar-refractivity contribution is -0.109. The van der Waals surface area contributed by atoms with Crippen molar-refractivity contribution in [2.24, 2.45) is 0 Å². The lowest BCUT2D eigenvalue weighted by Gasteiger charge is -2.07. The number of thiophene rings is 1. The van der Waals surface area contributed by atoms with Gasteiger partial charge in [0.2, 0.25) is 6.41 Å². The van der Waals surface area contributed by atoms with Gasteiger partial charge in [0.15, 0.2) is 6.29 Å². The fourth-order valence-corrected chi connectivity index (χ4v) is 4.02. The number of carbonyl (C=O) groups is 2. The number of pyridine rings is 2. The predicted octanol–water partition coefficient (Wildman–Crippen LogP) is 4.94. The molecule has 7 nitrogen and oxygen atoms in total. The number of rotatable bonds is 6. The lowest BCUT2D eigenvalue weighted by Crippen LogP contribution is -1.98. The number of ether oxygens (including phenoxy) is 1. The van der Waals surface area contributed by atoms with Gasteiger partial charge in [0.25, 0.3) is 0 Å². The van der Waals surface area contributed by atoms with Gasteiger partial charge in [0.05, 0.1) is 35.1 Å². The molecule has 0 atom stereocenters. The lowest BCUT2D eigenvalue weighted by atomic mass is 10.1. The minimum Gasteiger partial charge on any atom is -0.497 e. The molecule has 1 aromatic carbocycles. The maximum absolute atomic E-state index is 11.6. The van der Waals surface area contributed by atoms with Crippen molar-refractivity contribution in [3.8, 4) is 16.2 Å². The number of carbonyl (C=O) groups excluding carboxylic acids is 2. The van der Waals surface area contributed by atoms with E-state index in [1.54, 1.807) is 44.9 Å². The van der Waals surface area contributed by atoms with Crippen LogP contribution in [-0.4, -0.2) is 36.8 Å². The van der Waals surface area contributed by atoms with Gasteiger partial charge in [-0.25, -0.2) is 0 Å². The highest BCUT2D eigenvalue weighted by atomic mass is 35.5. The molecule has 0 bridgehead atoms. The Morgan fingerprint density at radius 3 is 2.65 bits per heavy atom. The molecule has 158 valence electrons. The van der Waals surface area contributed by atoms with Gasteiger partial charge in [0, 0.05) is 40.3 Å². The molecule has 0 saturated carbocycles. The van der Waals surface area contributed by atoms with Crippen molar-refractivity contribution in [3.63, 3.8) is 0 Å². The number of methoxy groups -OCH3 is 1. The SMILES string of the molecule is CNC=O.COc1ccc(Cl)c(-c2cc(Nc3cncc4cccnc34)c(C=O)s2)c1. The molecule has 0 aliphatic heterocycles. The average molecular weight is 455 g/mol. The van der Waals surface area contributed by atoms with Crippen LogP contribution in [-0.2, 0) is 4.79 Å². The Labute approximate surface area is 188 Å². The number of anilines is 2. The Kier molecular flexibility index (Phi) is 7.53. The largest absolute Gasteiger partial charge is 0.497 e. The number of aldehydes is 1. The van der Waals surface area contributed by atoms with Gasteiger partial charge < -0.3 is 15.4 Å². The number of nitrogens with one attached hydrogen (secondary N) is 2. The summed E-state index contributed by atoms with van der Waals surface area (Å²) in [6.07, 6.45) is 6.63. The van der Waals surface area contributed by atoms with Crippen LogP contribution in [0.1, 0.15) is 9.67 Å². The van der Waals surface area contributed by atoms with Gasteiger partial charge >= 0.3 is 0 Å². The van der Waals surface area contributed by atoms with Gasteiger partial charge in [-0.2, -0.15) is 0 Å². The number of nitrogens with zero attached hydrogens (tertiary/aromatic N) is 2. The molecule has 2 N–H and O–H groups in total. The van der Waals surface area contributed by atoms with E-state index in [2.05, 4.69) is 20.6 Å². The molecule has 31 heavy (non-hydrogen) atoms. The topological polar surface area (TPSA) is 93.2 Å². The first kappa shape index (κ1) is 22.2. The van der Waals surface area contributed by atoms with E-state index < -0.39 is 0 Å². The third-order valence-electron chi connectivity index (χ3n) is 4.21. The molecule has 0 spiro atoms. The molecule has 1 amide bonds. The number of hydrogen-bond acceptors (Lipinski definition) is 7. The summed E-state index contributed by atoms with van der Waals surface area (Å²) in [6.45, 7) is 0. The second kappa shape index (κ2) is 10.5. The Morgan fingerprint density at radius 2 is 1.94 bits per heavy atom. The molecule has 0 radical (unpaired) electrons. The van der Waals surface area contributed by atoms with Crippen molar-refractivity contribution < 1.29 is 14.3 Å². The Hall–Kier alpha value is -3.49. The molecule has 0 fully saturated rings. The second-order valence-electron chi connectivity index (χ2n) is 6.15. The number of fused-ring (bicyclic) bond motifs is 1. The molecular formula is C22H19ClN4O3S. The molecule has 3 heterocycles. The quantitative estimate of drug-likeness (QED) is 0.401. The van der Waals surface area contributed by atoms with Crippen molar-refractivity contribution >= 4 is 57.9 Å². The van der Waals surface area contributed by atoms with Crippen LogP contribution in [0, 0.1) is 0 Å². The fourth-order valence-electron chi connectivity index (χ4n) is 2.78. The summed E-state index contributed by atoms with van der Waals surface area (Å²) in [5.74, 6) is 0.701. The second-order valence-corrected chi connectivity index (χ2v) is 7.64. The van der Waals surface area contributed by atoms with Gasteiger partial charge in [-0.3, -0.25) is 19.6 Å². The zero-order chi connectivity index (χ0) is 22.2. The first-order valence-corrected chi connectivity index (χ1v) is 10.3. The summed E-state index contributed by atoms with van der Waals surface area (Å²) in [6, 6.07) is 11.1. The van der Waals surface area contributed by atoms with E-state index in [4.69, 9.17) is 21.1 Å². The van der Waals surface area contributed by atoms with Crippen LogP contribution in [0.15, 0.2) is 55.0 Å². The van der Waals surface area contributed by atoms with Crippen molar-refractivity contribution in [1.82, 2.24) is 15.3 Å². The van der Waals surface area contributed by atoms with Crippen LogP contribution in [0.4, 0.5) is 11.4 Å². The maximum atomic E-state index is 11.6. The summed E-state index contributed by atoms with van der Waals surface area (Å²) in [5.41, 5.74) is 3.02. The molecule has 0 unspecified atom stereocenters. The third-order valence-corrected chi connectivity index (χ3v) is 5.63. The number of benzene rings is 1. The van der Waals surface area contributed by atoms with Crippen molar-refractivity contribution in [1.29, 1.82) is 0 Å². The number of halogens is 1. The van der Waals surface area contributed by atoms with E-state index in [0.717, 1.165) is 33.3 Å². The average Bonchev–Trinajstić information content (AvgIpc) is 3.22. The highest BCUT2D eigenvalue weighted by Gasteiger charge is 2.15. The standard InChI is InChI=1S/C20H14ClN3O2S.C2H5NO/c1-26-13-4-5-15(21)14(7-13)18-8-16(19(11-25)27-18)24-17-10-22-9-12-3-2-6-23-20(12)17;1-3-2-4/h2-11,24H,1H3;2H,1H3,(H,3,4). The number of hydrogen-bond donors (Lipinski definition) is 2. The van der Waals surface area contributed by atoms with Gasteiger partial charge in [-0.1, -0.05) is 11.6 Å². The van der Waals surface area contributed by atoms with E-state index in [-0.39, 0.29) is 0 Å². The van der Waals surface area contributed by atoms with Crippen molar-refractivity contribution in [2.75, 3.05) is 19.5 Å². The maximum Gasteiger partial charge on any atom is 0.206 e. The Morgan fingerprint density at radius 1 is 1.13 bits per heavy atom. The molecule has 9 heteroatoms. The molecule has 4 rings (SSSR count). The third kappa shape index (κ3) is 5.17. The van der Waals surface area contributed by atoms with Crippen LogP contribution in [0.25, 0.3) is 21.3 Å². The fraction of sp³-hybridized carbons (Fsp3) is 0.0909. The molecule has 3 aromatic heterocycles. The zero-order valence-corrected chi connectivity index (χ0v) is 18.3. The molecule has 0 aliphatic rings. The number of amides is 1. The van der Waals surface area contributed by atoms with E-state index in [0.29, 0.717) is 27.7 Å². The highest BCUT2D eigenvalue weighted by molar-refractivity contribution is 7.17. The first-order chi connectivity index (χ1) is 15.1. The smallest absolute Gasteiger partial charge is 0.206 e. The van der Waals surface area contributed by atoms with E-state index in [1.165, 1.54) is 11.3 Å². The molecule has 0 aliphatic carbocycles. The van der Waals surface area contributed by atoms with Gasteiger partial charge in [0.1, 0.15) is 5.75 Å². The summed E-state index contributed by atoms with van der Waals surface area (Å²) < 4.78 is 5.28. The van der Waals surface area contributed by atoms with E-state index >= 15 is 0 Å². The normalized spacial score (nSPS) is 10.0.